The Kier molecular flexibility index (Phi) is 5.70. The van der Waals surface area contributed by atoms with E-state index < -0.39 is 6.10 Å². The molecule has 2 aromatic rings. The van der Waals surface area contributed by atoms with E-state index >= 15 is 0 Å². The van der Waals surface area contributed by atoms with Gasteiger partial charge in [0, 0.05) is 24.0 Å². The topological polar surface area (TPSA) is 58.0 Å². The third kappa shape index (κ3) is 5.10. The summed E-state index contributed by atoms with van der Waals surface area (Å²) >= 11 is 1.39. The van der Waals surface area contributed by atoms with Gasteiger partial charge in [0.15, 0.2) is 0 Å². The summed E-state index contributed by atoms with van der Waals surface area (Å²) in [6, 6.07) is 9.88. The third-order valence-electron chi connectivity index (χ3n) is 3.19. The van der Waals surface area contributed by atoms with E-state index in [1.54, 1.807) is 0 Å². The SMILES string of the molecule is CC(C)Cc1nsc(NC(C)CC(O)c2ccccc2)n1. The smallest absolute Gasteiger partial charge is 0.202 e. The van der Waals surface area contributed by atoms with Gasteiger partial charge in [-0.05, 0) is 24.8 Å². The molecular weight excluding hydrogens is 282 g/mol. The molecule has 0 spiro atoms. The number of anilines is 1. The molecule has 0 aliphatic rings. The third-order valence-corrected chi connectivity index (χ3v) is 3.87. The second kappa shape index (κ2) is 7.52. The second-order valence-electron chi connectivity index (χ2n) is 5.82. The van der Waals surface area contributed by atoms with Crippen molar-refractivity contribution in [1.29, 1.82) is 0 Å². The summed E-state index contributed by atoms with van der Waals surface area (Å²) in [6.45, 7) is 6.37. The van der Waals surface area contributed by atoms with E-state index in [2.05, 4.69) is 35.4 Å². The van der Waals surface area contributed by atoms with Crippen LogP contribution in [0.25, 0.3) is 0 Å². The summed E-state index contributed by atoms with van der Waals surface area (Å²) < 4.78 is 4.35. The maximum absolute atomic E-state index is 10.2. The van der Waals surface area contributed by atoms with Crippen LogP contribution in [-0.2, 0) is 6.42 Å². The Hall–Kier alpha value is -1.46. The molecule has 0 amide bonds. The first-order valence-electron chi connectivity index (χ1n) is 7.36. The maximum atomic E-state index is 10.2. The zero-order valence-electron chi connectivity index (χ0n) is 12.8. The predicted molar refractivity (Wildman–Crippen MR) is 87.6 cm³/mol. The van der Waals surface area contributed by atoms with Crippen molar-refractivity contribution in [3.63, 3.8) is 0 Å². The first-order chi connectivity index (χ1) is 10.0. The highest BCUT2D eigenvalue weighted by molar-refractivity contribution is 7.09. The number of hydrogen-bond acceptors (Lipinski definition) is 5. The van der Waals surface area contributed by atoms with Crippen LogP contribution in [0.4, 0.5) is 5.13 Å². The number of benzene rings is 1. The number of aromatic nitrogens is 2. The fourth-order valence-corrected chi connectivity index (χ4v) is 2.88. The quantitative estimate of drug-likeness (QED) is 0.819. The van der Waals surface area contributed by atoms with E-state index in [4.69, 9.17) is 0 Å². The standard InChI is InChI=1S/C16H23N3OS/c1-11(2)9-15-18-16(21-19-15)17-12(3)10-14(20)13-7-5-4-6-8-13/h4-8,11-12,14,20H,9-10H2,1-3H3,(H,17,18,19). The minimum Gasteiger partial charge on any atom is -0.388 e. The predicted octanol–water partition coefficient (Wildman–Crippen LogP) is 3.66. The van der Waals surface area contributed by atoms with Gasteiger partial charge in [-0.2, -0.15) is 4.37 Å². The molecule has 0 saturated heterocycles. The summed E-state index contributed by atoms with van der Waals surface area (Å²) in [4.78, 5) is 4.49. The maximum Gasteiger partial charge on any atom is 0.202 e. The Morgan fingerprint density at radius 1 is 1.19 bits per heavy atom. The van der Waals surface area contributed by atoms with Gasteiger partial charge in [0.2, 0.25) is 5.13 Å². The molecule has 2 N–H and O–H groups in total. The molecule has 0 aliphatic heterocycles. The lowest BCUT2D eigenvalue weighted by molar-refractivity contribution is 0.162. The van der Waals surface area contributed by atoms with Crippen molar-refractivity contribution < 1.29 is 5.11 Å². The molecule has 2 rings (SSSR count). The minimum absolute atomic E-state index is 0.139. The molecule has 114 valence electrons. The van der Waals surface area contributed by atoms with E-state index in [0.717, 1.165) is 22.9 Å². The molecule has 1 aromatic carbocycles. The summed E-state index contributed by atoms with van der Waals surface area (Å²) in [7, 11) is 0. The van der Waals surface area contributed by atoms with E-state index in [9.17, 15) is 5.11 Å². The fourth-order valence-electron chi connectivity index (χ4n) is 2.18. The van der Waals surface area contributed by atoms with Crippen LogP contribution in [0.5, 0.6) is 0 Å². The first kappa shape index (κ1) is 15.9. The van der Waals surface area contributed by atoms with Gasteiger partial charge in [-0.25, -0.2) is 4.98 Å². The molecule has 4 nitrogen and oxygen atoms in total. The highest BCUT2D eigenvalue weighted by Gasteiger charge is 2.14. The summed E-state index contributed by atoms with van der Waals surface area (Å²) in [6.07, 6.45) is 1.08. The zero-order chi connectivity index (χ0) is 15.2. The lowest BCUT2D eigenvalue weighted by atomic mass is 10.0. The lowest BCUT2D eigenvalue weighted by Crippen LogP contribution is -2.18. The van der Waals surface area contributed by atoms with Crippen LogP contribution < -0.4 is 5.32 Å². The largest absolute Gasteiger partial charge is 0.388 e. The molecule has 0 bridgehead atoms. The molecule has 1 aromatic heterocycles. The molecule has 2 unspecified atom stereocenters. The molecule has 21 heavy (non-hydrogen) atoms. The molecule has 0 saturated carbocycles. The first-order valence-corrected chi connectivity index (χ1v) is 8.14. The number of nitrogens with one attached hydrogen (secondary N) is 1. The van der Waals surface area contributed by atoms with E-state index in [1.165, 1.54) is 11.5 Å². The van der Waals surface area contributed by atoms with Crippen molar-refractivity contribution in [3.8, 4) is 0 Å². The van der Waals surface area contributed by atoms with Crippen LogP contribution in [0, 0.1) is 5.92 Å². The highest BCUT2D eigenvalue weighted by atomic mass is 32.1. The highest BCUT2D eigenvalue weighted by Crippen LogP contribution is 2.21. The van der Waals surface area contributed by atoms with Crippen LogP contribution in [0.2, 0.25) is 0 Å². The number of aliphatic hydroxyl groups is 1. The van der Waals surface area contributed by atoms with E-state index in [-0.39, 0.29) is 6.04 Å². The summed E-state index contributed by atoms with van der Waals surface area (Å²) in [5.74, 6) is 1.46. The monoisotopic (exact) mass is 305 g/mol. The molecule has 1 heterocycles. The van der Waals surface area contributed by atoms with Crippen LogP contribution in [0.1, 0.15) is 44.7 Å². The molecule has 0 aliphatic carbocycles. The zero-order valence-corrected chi connectivity index (χ0v) is 13.6. The van der Waals surface area contributed by atoms with Gasteiger partial charge in [-0.1, -0.05) is 44.2 Å². The number of nitrogens with zero attached hydrogens (tertiary/aromatic N) is 2. The van der Waals surface area contributed by atoms with Gasteiger partial charge >= 0.3 is 0 Å². The van der Waals surface area contributed by atoms with Crippen molar-refractivity contribution in [2.75, 3.05) is 5.32 Å². The van der Waals surface area contributed by atoms with Crippen LogP contribution >= 0.6 is 11.5 Å². The van der Waals surface area contributed by atoms with Gasteiger partial charge in [0.25, 0.3) is 0 Å². The van der Waals surface area contributed by atoms with Gasteiger partial charge < -0.3 is 10.4 Å². The molecule has 0 fully saturated rings. The van der Waals surface area contributed by atoms with Gasteiger partial charge in [-0.3, -0.25) is 0 Å². The average molecular weight is 305 g/mol. The Bertz CT molecular complexity index is 541. The van der Waals surface area contributed by atoms with Crippen LogP contribution in [0.3, 0.4) is 0 Å². The van der Waals surface area contributed by atoms with Crippen molar-refractivity contribution in [2.24, 2.45) is 5.92 Å². The van der Waals surface area contributed by atoms with Gasteiger partial charge in [0.1, 0.15) is 5.82 Å². The van der Waals surface area contributed by atoms with Crippen molar-refractivity contribution in [2.45, 2.75) is 45.8 Å². The van der Waals surface area contributed by atoms with Crippen molar-refractivity contribution in [1.82, 2.24) is 9.36 Å². The number of hydrogen-bond donors (Lipinski definition) is 2. The Labute approximate surface area is 130 Å². The Balaban J connectivity index is 1.86. The molecule has 5 heteroatoms. The average Bonchev–Trinajstić information content (AvgIpc) is 2.85. The van der Waals surface area contributed by atoms with Gasteiger partial charge in [0.05, 0.1) is 6.10 Å². The van der Waals surface area contributed by atoms with E-state index in [1.807, 2.05) is 30.3 Å². The fraction of sp³-hybridized carbons (Fsp3) is 0.500. The van der Waals surface area contributed by atoms with Crippen molar-refractivity contribution in [3.05, 3.63) is 41.7 Å². The minimum atomic E-state index is -0.461. The summed E-state index contributed by atoms with van der Waals surface area (Å²) in [5, 5.41) is 14.4. The van der Waals surface area contributed by atoms with E-state index in [0.29, 0.717) is 12.3 Å². The van der Waals surface area contributed by atoms with Crippen LogP contribution in [-0.4, -0.2) is 20.5 Å². The Morgan fingerprint density at radius 2 is 1.90 bits per heavy atom. The van der Waals surface area contributed by atoms with Crippen molar-refractivity contribution >= 4 is 16.7 Å². The lowest BCUT2D eigenvalue weighted by Gasteiger charge is -2.17. The molecular formula is C16H23N3OS. The summed E-state index contributed by atoms with van der Waals surface area (Å²) in [5.41, 5.74) is 0.948. The normalized spacial score (nSPS) is 14.1. The molecule has 0 radical (unpaired) electrons. The van der Waals surface area contributed by atoms with Crippen LogP contribution in [0.15, 0.2) is 30.3 Å². The molecule has 2 atom stereocenters. The number of aliphatic hydroxyl groups excluding tert-OH is 1. The second-order valence-corrected chi connectivity index (χ2v) is 6.57. The number of rotatable bonds is 7. The Morgan fingerprint density at radius 3 is 2.57 bits per heavy atom. The van der Waals surface area contributed by atoms with Gasteiger partial charge in [-0.15, -0.1) is 0 Å².